The van der Waals surface area contributed by atoms with E-state index in [1.165, 1.54) is 126 Å². The van der Waals surface area contributed by atoms with Gasteiger partial charge < -0.3 is 0 Å². The van der Waals surface area contributed by atoms with Crippen molar-refractivity contribution >= 4 is 79.3 Å². The number of aryl methyl sites for hydroxylation is 4. The van der Waals surface area contributed by atoms with Gasteiger partial charge in [0, 0.05) is 0 Å². The number of hydrogen-bond acceptors (Lipinski definition) is 0. The van der Waals surface area contributed by atoms with Crippen LogP contribution in [-0.2, 0) is 0 Å². The molecule has 0 aromatic heterocycles. The third-order valence-electron chi connectivity index (χ3n) is 16.4. The van der Waals surface area contributed by atoms with E-state index in [1.807, 2.05) is 0 Å². The van der Waals surface area contributed by atoms with Crippen molar-refractivity contribution in [1.29, 1.82) is 0 Å². The molecule has 12 aromatic rings. The number of hydrogen-bond donors (Lipinski definition) is 0. The summed E-state index contributed by atoms with van der Waals surface area (Å²) >= 11 is -4.50. The van der Waals surface area contributed by atoms with Gasteiger partial charge in [0.15, 0.2) is 0 Å². The van der Waals surface area contributed by atoms with E-state index in [0.29, 0.717) is 0 Å². The van der Waals surface area contributed by atoms with Gasteiger partial charge in [0.25, 0.3) is 0 Å². The van der Waals surface area contributed by atoms with Crippen molar-refractivity contribution in [2.45, 2.75) is 27.7 Å². The van der Waals surface area contributed by atoms with Gasteiger partial charge in [-0.05, 0) is 0 Å². The predicted octanol–water partition coefficient (Wildman–Crippen LogP) is 18.7. The zero-order valence-electron chi connectivity index (χ0n) is 48.8. The average molecular weight is 1200 g/mol. The van der Waals surface area contributed by atoms with Crippen molar-refractivity contribution in [2.75, 3.05) is 0 Å². The number of rotatable bonds is 16. The van der Waals surface area contributed by atoms with Gasteiger partial charge in [0.2, 0.25) is 0 Å². The van der Waals surface area contributed by atoms with Crippen LogP contribution in [0.4, 0.5) is 0 Å². The fourth-order valence-electron chi connectivity index (χ4n) is 11.7. The Balaban J connectivity index is 1.09. The van der Waals surface area contributed by atoms with E-state index in [1.54, 1.807) is 0 Å². The third-order valence-corrected chi connectivity index (χ3v) is 30.1. The molecule has 0 aliphatic rings. The molecule has 0 atom stereocenters. The fraction of sp³-hybridized carbons (Fsp3) is 0.0476. The maximum absolute atomic E-state index is 4.50. The summed E-state index contributed by atoms with van der Waals surface area (Å²) in [5.41, 5.74) is 23.8. The van der Waals surface area contributed by atoms with Crippen molar-refractivity contribution in [3.05, 3.63) is 404 Å². The van der Waals surface area contributed by atoms with Crippen molar-refractivity contribution in [1.82, 2.24) is 0 Å². The van der Waals surface area contributed by atoms with Gasteiger partial charge in [-0.2, -0.15) is 0 Å². The first-order chi connectivity index (χ1) is 41.7. The quantitative estimate of drug-likeness (QED) is 0.0668. The molecule has 408 valence electrons. The van der Waals surface area contributed by atoms with Gasteiger partial charge in [-0.3, -0.25) is 0 Å². The molecule has 0 nitrogen and oxygen atoms in total. The first-order valence-corrected chi connectivity index (χ1v) is 35.2. The predicted molar refractivity (Wildman–Crippen MR) is 368 cm³/mol. The van der Waals surface area contributed by atoms with Crippen LogP contribution in [0.3, 0.4) is 0 Å². The van der Waals surface area contributed by atoms with E-state index < -0.39 is 18.4 Å². The Morgan fingerprint density at radius 1 is 0.188 bits per heavy atom. The second-order valence-electron chi connectivity index (χ2n) is 22.4. The molecule has 0 aliphatic heterocycles. The normalized spacial score (nSPS) is 12.8. The summed E-state index contributed by atoms with van der Waals surface area (Å²) in [5.74, 6) is 0. The molecule has 0 amide bonds. The van der Waals surface area contributed by atoms with Gasteiger partial charge in [-0.25, -0.2) is 0 Å². The second-order valence-corrected chi connectivity index (χ2v) is 33.3. The molecule has 0 N–H and O–H groups in total. The summed E-state index contributed by atoms with van der Waals surface area (Å²) in [6.45, 7) is 8.60. The number of benzene rings is 12. The SMILES string of the molecule is Cc1ccc(C=C(c2ccccc2)c2cc[c]([Sn]([c]3ccc(C(=Cc4ccc(C)cc4)c4ccccc4)cc3)([c]3ccc(C(=Cc4ccc(C)cc4)c4ccccc4)cc3)[c]3ccc(C(=Cc4ccc(C)cc4)c4ccccc4)cc3)cc2)cc1. The topological polar surface area (TPSA) is 0 Å². The van der Waals surface area contributed by atoms with E-state index >= 15 is 0 Å². The molecule has 0 saturated carbocycles. The van der Waals surface area contributed by atoms with Gasteiger partial charge in [-0.1, -0.05) is 0 Å². The van der Waals surface area contributed by atoms with Crippen LogP contribution in [-0.4, -0.2) is 18.4 Å². The van der Waals surface area contributed by atoms with Crippen molar-refractivity contribution in [3.63, 3.8) is 0 Å². The van der Waals surface area contributed by atoms with Crippen LogP contribution in [0.2, 0.25) is 0 Å². The summed E-state index contributed by atoms with van der Waals surface area (Å²) in [5, 5.41) is 0. The molecule has 0 saturated heterocycles. The van der Waals surface area contributed by atoms with Crippen molar-refractivity contribution in [3.8, 4) is 0 Å². The molecule has 12 aromatic carbocycles. The molecule has 1 heteroatoms. The van der Waals surface area contributed by atoms with E-state index in [4.69, 9.17) is 0 Å². The molecular formula is C84H68Sn. The Labute approximate surface area is 507 Å². The van der Waals surface area contributed by atoms with Crippen LogP contribution in [0.15, 0.2) is 315 Å². The molecule has 0 unspecified atom stereocenters. The van der Waals surface area contributed by atoms with E-state index in [2.05, 4.69) is 367 Å². The standard InChI is InChI=1S/4C21H17.Sn/c4*1-17-12-14-18(15-13-17)16-21(19-8-4-2-5-9-19)20-10-6-3-7-11-20;/h4*2,4-16H,1H3;. The Bertz CT molecular complexity index is 3710. The zero-order chi connectivity index (χ0) is 58.0. The van der Waals surface area contributed by atoms with Crippen LogP contribution in [0.25, 0.3) is 46.6 Å². The summed E-state index contributed by atoms with van der Waals surface area (Å²) in [4.78, 5) is 0. The minimum absolute atomic E-state index is 1.17. The molecule has 12 rings (SSSR count). The zero-order valence-corrected chi connectivity index (χ0v) is 51.7. The Kier molecular flexibility index (Phi) is 17.0. The van der Waals surface area contributed by atoms with Crippen LogP contribution in [0, 0.1) is 27.7 Å². The van der Waals surface area contributed by atoms with E-state index in [-0.39, 0.29) is 0 Å². The Morgan fingerprint density at radius 3 is 0.529 bits per heavy atom. The Hall–Kier alpha value is -9.60. The fourth-order valence-corrected chi connectivity index (χ4v) is 25.0. The van der Waals surface area contributed by atoms with Gasteiger partial charge in [0.05, 0.1) is 0 Å². The van der Waals surface area contributed by atoms with Crippen LogP contribution < -0.4 is 14.3 Å². The van der Waals surface area contributed by atoms with Crippen LogP contribution in [0.5, 0.6) is 0 Å². The second kappa shape index (κ2) is 25.9. The molecule has 0 radical (unpaired) electrons. The third kappa shape index (κ3) is 12.8. The van der Waals surface area contributed by atoms with E-state index in [9.17, 15) is 0 Å². The summed E-state index contributed by atoms with van der Waals surface area (Å²) in [6.07, 6.45) is 9.36. The molecule has 0 fully saturated rings. The first-order valence-electron chi connectivity index (χ1n) is 29.5. The maximum atomic E-state index is 2.47. The van der Waals surface area contributed by atoms with Crippen molar-refractivity contribution in [2.24, 2.45) is 0 Å². The van der Waals surface area contributed by atoms with Gasteiger partial charge >= 0.3 is 511 Å². The molecular weight excluding hydrogens is 1130 g/mol. The van der Waals surface area contributed by atoms with Gasteiger partial charge in [0.1, 0.15) is 0 Å². The monoisotopic (exact) mass is 1200 g/mol. The molecule has 0 aliphatic carbocycles. The summed E-state index contributed by atoms with van der Waals surface area (Å²) < 4.78 is 5.46. The molecule has 0 spiro atoms. The van der Waals surface area contributed by atoms with Crippen LogP contribution >= 0.6 is 0 Å². The first kappa shape index (κ1) is 55.9. The van der Waals surface area contributed by atoms with Crippen LogP contribution in [0.1, 0.15) is 89.0 Å². The summed E-state index contributed by atoms with van der Waals surface area (Å²) in [6, 6.07) is 118. The van der Waals surface area contributed by atoms with E-state index in [0.717, 1.165) is 0 Å². The van der Waals surface area contributed by atoms with Gasteiger partial charge in [-0.15, -0.1) is 0 Å². The molecule has 0 bridgehead atoms. The Morgan fingerprint density at radius 2 is 0.353 bits per heavy atom. The van der Waals surface area contributed by atoms with Crippen molar-refractivity contribution < 1.29 is 0 Å². The summed E-state index contributed by atoms with van der Waals surface area (Å²) in [7, 11) is 0. The molecule has 85 heavy (non-hydrogen) atoms. The average Bonchev–Trinajstić information content (AvgIpc) is 3.65. The minimum atomic E-state index is -4.50. The molecule has 0 heterocycles.